The molecule has 0 aliphatic rings. The van der Waals surface area contributed by atoms with Crippen molar-refractivity contribution in [2.45, 2.75) is 39.3 Å². The first kappa shape index (κ1) is 22.9. The molecule has 0 saturated carbocycles. The van der Waals surface area contributed by atoms with Crippen LogP contribution in [-0.2, 0) is 5.60 Å². The van der Waals surface area contributed by atoms with Crippen molar-refractivity contribution in [1.29, 1.82) is 0 Å². The lowest BCUT2D eigenvalue weighted by molar-refractivity contribution is 0.0687. The van der Waals surface area contributed by atoms with Gasteiger partial charge in [-0.1, -0.05) is 17.7 Å². The summed E-state index contributed by atoms with van der Waals surface area (Å²) in [6, 6.07) is 9.17. The monoisotopic (exact) mass is 466 g/mol. The minimum Gasteiger partial charge on any atom is -0.508 e. The maximum absolute atomic E-state index is 14.4. The molecule has 33 heavy (non-hydrogen) atoms. The molecule has 4 aromatic rings. The van der Waals surface area contributed by atoms with Gasteiger partial charge in [0.25, 0.3) is 0 Å². The van der Waals surface area contributed by atoms with E-state index in [1.165, 1.54) is 18.2 Å². The fraction of sp³-hybridized carbons (Fsp3) is 0.240. The topological polar surface area (TPSA) is 91.2 Å². The van der Waals surface area contributed by atoms with Crippen molar-refractivity contribution in [3.63, 3.8) is 0 Å². The standard InChI is InChI=1S/C25H24ClFN4O2/c1-13(18-10-17(32)6-7-20(18)27)31-23-19-9-15(5-8-21(19)30-14(2)22(23)26)16-11-28-24(29-12-16)25(3,4)33/h5-13,32-33H,1-4H3,(H,30,31). The van der Waals surface area contributed by atoms with E-state index in [2.05, 4.69) is 20.3 Å². The van der Waals surface area contributed by atoms with Gasteiger partial charge in [0.15, 0.2) is 5.82 Å². The summed E-state index contributed by atoms with van der Waals surface area (Å²) in [5.41, 5.74) is 2.77. The number of phenols is 1. The molecule has 3 N–H and O–H groups in total. The number of hydrogen-bond acceptors (Lipinski definition) is 6. The lowest BCUT2D eigenvalue weighted by Gasteiger charge is -2.20. The van der Waals surface area contributed by atoms with Gasteiger partial charge >= 0.3 is 0 Å². The first-order chi connectivity index (χ1) is 15.5. The largest absolute Gasteiger partial charge is 0.508 e. The number of rotatable bonds is 5. The minimum atomic E-state index is -1.13. The number of anilines is 1. The molecule has 1 atom stereocenters. The number of halogens is 2. The summed E-state index contributed by atoms with van der Waals surface area (Å²) in [7, 11) is 0. The second kappa shape index (κ2) is 8.57. The molecular weight excluding hydrogens is 443 g/mol. The fourth-order valence-electron chi connectivity index (χ4n) is 3.63. The zero-order valence-electron chi connectivity index (χ0n) is 18.7. The van der Waals surface area contributed by atoms with Gasteiger partial charge in [0.1, 0.15) is 17.2 Å². The number of aromatic nitrogens is 3. The van der Waals surface area contributed by atoms with E-state index in [4.69, 9.17) is 11.6 Å². The highest BCUT2D eigenvalue weighted by Gasteiger charge is 2.20. The Balaban J connectivity index is 1.79. The number of benzene rings is 2. The van der Waals surface area contributed by atoms with Crippen LogP contribution in [0.15, 0.2) is 48.8 Å². The highest BCUT2D eigenvalue weighted by molar-refractivity contribution is 6.35. The molecule has 4 rings (SSSR count). The fourth-order valence-corrected chi connectivity index (χ4v) is 3.83. The van der Waals surface area contributed by atoms with Gasteiger partial charge in [0.2, 0.25) is 0 Å². The lowest BCUT2D eigenvalue weighted by atomic mass is 10.0. The molecular formula is C25H24ClFN4O2. The van der Waals surface area contributed by atoms with Gasteiger partial charge in [-0.05, 0) is 63.6 Å². The van der Waals surface area contributed by atoms with E-state index in [9.17, 15) is 14.6 Å². The van der Waals surface area contributed by atoms with Crippen LogP contribution < -0.4 is 5.32 Å². The van der Waals surface area contributed by atoms with Crippen molar-refractivity contribution in [3.8, 4) is 16.9 Å². The van der Waals surface area contributed by atoms with Gasteiger partial charge < -0.3 is 15.5 Å². The summed E-state index contributed by atoms with van der Waals surface area (Å²) in [5, 5.41) is 24.4. The normalized spacial score (nSPS) is 12.7. The van der Waals surface area contributed by atoms with Crippen LogP contribution in [-0.4, -0.2) is 25.2 Å². The Morgan fingerprint density at radius 3 is 2.42 bits per heavy atom. The van der Waals surface area contributed by atoms with Crippen LogP contribution in [0.4, 0.5) is 10.1 Å². The minimum absolute atomic E-state index is 0.0151. The first-order valence-electron chi connectivity index (χ1n) is 10.4. The zero-order valence-corrected chi connectivity index (χ0v) is 19.4. The molecule has 2 aromatic heterocycles. The van der Waals surface area contributed by atoms with Gasteiger partial charge in [0, 0.05) is 28.9 Å². The Labute approximate surface area is 196 Å². The van der Waals surface area contributed by atoms with Gasteiger partial charge in [-0.15, -0.1) is 0 Å². The number of nitrogens with zero attached hydrogens (tertiary/aromatic N) is 3. The van der Waals surface area contributed by atoms with E-state index < -0.39 is 17.5 Å². The van der Waals surface area contributed by atoms with Crippen molar-refractivity contribution in [3.05, 3.63) is 76.7 Å². The van der Waals surface area contributed by atoms with Crippen molar-refractivity contribution in [2.24, 2.45) is 0 Å². The molecule has 0 saturated heterocycles. The highest BCUT2D eigenvalue weighted by atomic mass is 35.5. The predicted octanol–water partition coefficient (Wildman–Crippen LogP) is 5.90. The third-order valence-corrected chi connectivity index (χ3v) is 5.89. The summed E-state index contributed by atoms with van der Waals surface area (Å²) < 4.78 is 14.4. The molecule has 0 aliphatic heterocycles. The molecule has 2 aromatic carbocycles. The molecule has 0 aliphatic carbocycles. The van der Waals surface area contributed by atoms with E-state index in [1.54, 1.807) is 33.2 Å². The van der Waals surface area contributed by atoms with E-state index in [0.717, 1.165) is 22.0 Å². The van der Waals surface area contributed by atoms with Crippen LogP contribution in [0, 0.1) is 12.7 Å². The Morgan fingerprint density at radius 1 is 1.06 bits per heavy atom. The molecule has 170 valence electrons. The van der Waals surface area contributed by atoms with Crippen LogP contribution in [0.3, 0.4) is 0 Å². The average molecular weight is 467 g/mol. The van der Waals surface area contributed by atoms with Crippen molar-refractivity contribution >= 4 is 28.2 Å². The van der Waals surface area contributed by atoms with E-state index in [1.807, 2.05) is 25.1 Å². The van der Waals surface area contributed by atoms with Crippen LogP contribution in [0.25, 0.3) is 22.0 Å². The summed E-state index contributed by atoms with van der Waals surface area (Å²) in [6.45, 7) is 6.86. The van der Waals surface area contributed by atoms with Crippen molar-refractivity contribution in [2.75, 3.05) is 5.32 Å². The smallest absolute Gasteiger partial charge is 0.159 e. The number of aromatic hydroxyl groups is 1. The number of phenolic OH excluding ortho intramolecular Hbond substituents is 1. The number of fused-ring (bicyclic) bond motifs is 1. The number of hydrogen-bond donors (Lipinski definition) is 3. The molecule has 2 heterocycles. The summed E-state index contributed by atoms with van der Waals surface area (Å²) in [4.78, 5) is 13.1. The molecule has 6 nitrogen and oxygen atoms in total. The summed E-state index contributed by atoms with van der Waals surface area (Å²) >= 11 is 6.62. The Kier molecular flexibility index (Phi) is 5.95. The number of pyridine rings is 1. The number of aliphatic hydroxyl groups is 1. The molecule has 0 amide bonds. The maximum Gasteiger partial charge on any atom is 0.159 e. The Bertz CT molecular complexity index is 1340. The number of aryl methyl sites for hydroxylation is 1. The first-order valence-corrected chi connectivity index (χ1v) is 10.8. The van der Waals surface area contributed by atoms with Crippen molar-refractivity contribution < 1.29 is 14.6 Å². The van der Waals surface area contributed by atoms with Crippen LogP contribution >= 0.6 is 11.6 Å². The predicted molar refractivity (Wildman–Crippen MR) is 128 cm³/mol. The molecule has 0 radical (unpaired) electrons. The summed E-state index contributed by atoms with van der Waals surface area (Å²) in [5.74, 6) is -0.112. The average Bonchev–Trinajstić information content (AvgIpc) is 2.77. The summed E-state index contributed by atoms with van der Waals surface area (Å²) in [6.07, 6.45) is 3.31. The Morgan fingerprint density at radius 2 is 1.76 bits per heavy atom. The third-order valence-electron chi connectivity index (χ3n) is 5.43. The number of nitrogens with one attached hydrogen (secondary N) is 1. The van der Waals surface area contributed by atoms with E-state index in [-0.39, 0.29) is 5.75 Å². The molecule has 0 fully saturated rings. The van der Waals surface area contributed by atoms with Crippen molar-refractivity contribution in [1.82, 2.24) is 15.0 Å². The van der Waals surface area contributed by atoms with Gasteiger partial charge in [-0.2, -0.15) is 0 Å². The molecule has 8 heteroatoms. The lowest BCUT2D eigenvalue weighted by Crippen LogP contribution is -2.19. The molecule has 0 spiro atoms. The second-order valence-electron chi connectivity index (χ2n) is 8.54. The zero-order chi connectivity index (χ0) is 23.9. The van der Waals surface area contributed by atoms with Gasteiger partial charge in [-0.3, -0.25) is 4.98 Å². The SMILES string of the molecule is Cc1nc2ccc(-c3cnc(C(C)(C)O)nc3)cc2c(NC(C)c2cc(O)ccc2F)c1Cl. The quantitative estimate of drug-likeness (QED) is 0.339. The second-order valence-corrected chi connectivity index (χ2v) is 8.92. The molecule has 0 bridgehead atoms. The highest BCUT2D eigenvalue weighted by Crippen LogP contribution is 2.37. The van der Waals surface area contributed by atoms with Gasteiger partial charge in [0.05, 0.1) is 28.0 Å². The Hall–Kier alpha value is -3.29. The van der Waals surface area contributed by atoms with E-state index >= 15 is 0 Å². The van der Waals surface area contributed by atoms with E-state index in [0.29, 0.717) is 27.8 Å². The van der Waals surface area contributed by atoms with Crippen LogP contribution in [0.1, 0.15) is 43.9 Å². The van der Waals surface area contributed by atoms with Crippen LogP contribution in [0.5, 0.6) is 5.75 Å². The van der Waals surface area contributed by atoms with Gasteiger partial charge in [-0.25, -0.2) is 14.4 Å². The maximum atomic E-state index is 14.4. The molecule has 1 unspecified atom stereocenters. The third kappa shape index (κ3) is 4.60. The van der Waals surface area contributed by atoms with Crippen LogP contribution in [0.2, 0.25) is 5.02 Å².